The summed E-state index contributed by atoms with van der Waals surface area (Å²) in [6, 6.07) is 17.3. The van der Waals surface area contributed by atoms with E-state index in [2.05, 4.69) is 65.8 Å². The van der Waals surface area contributed by atoms with E-state index in [9.17, 15) is 0 Å². The van der Waals surface area contributed by atoms with Gasteiger partial charge in [0.25, 0.3) is 0 Å². The van der Waals surface area contributed by atoms with Gasteiger partial charge in [0.15, 0.2) is 0 Å². The molecule has 124 valence electrons. The van der Waals surface area contributed by atoms with Gasteiger partial charge in [-0.3, -0.25) is 5.10 Å². The van der Waals surface area contributed by atoms with Crippen LogP contribution in [-0.4, -0.2) is 22.8 Å². The third-order valence-electron chi connectivity index (χ3n) is 4.15. The average Bonchev–Trinajstić information content (AvgIpc) is 3.11. The Bertz CT molecular complexity index is 747. The summed E-state index contributed by atoms with van der Waals surface area (Å²) in [5.74, 6) is 0.295. The van der Waals surface area contributed by atoms with Gasteiger partial charge >= 0.3 is 0 Å². The van der Waals surface area contributed by atoms with Crippen LogP contribution < -0.4 is 5.32 Å². The van der Waals surface area contributed by atoms with Gasteiger partial charge in [-0.1, -0.05) is 61.8 Å². The Morgan fingerprint density at radius 3 is 2.12 bits per heavy atom. The molecule has 1 atom stereocenters. The lowest BCUT2D eigenvalue weighted by molar-refractivity contribution is 0.561. The quantitative estimate of drug-likeness (QED) is 0.673. The van der Waals surface area contributed by atoms with Gasteiger partial charge in [0.2, 0.25) is 0 Å². The maximum atomic E-state index is 6.04. The Hall–Kier alpha value is -2.10. The summed E-state index contributed by atoms with van der Waals surface area (Å²) in [7, 11) is 0. The summed E-state index contributed by atoms with van der Waals surface area (Å²) in [5, 5.41) is 11.2. The summed E-state index contributed by atoms with van der Waals surface area (Å²) >= 11 is 6.04. The highest BCUT2D eigenvalue weighted by Gasteiger charge is 2.15. The second kappa shape index (κ2) is 7.65. The number of H-pyrrole nitrogens is 1. The number of hydrogen-bond donors (Lipinski definition) is 2. The van der Waals surface area contributed by atoms with Gasteiger partial charge in [-0.15, -0.1) is 0 Å². The van der Waals surface area contributed by atoms with Crippen molar-refractivity contribution in [1.82, 2.24) is 15.5 Å². The SMILES string of the molecule is CC(C)NCC(c1ccc(Cl)cc1)c1ccc(-c2cn[nH]c2)cc1. The molecule has 24 heavy (non-hydrogen) atoms. The van der Waals surface area contributed by atoms with Crippen molar-refractivity contribution in [3.05, 3.63) is 77.1 Å². The fourth-order valence-electron chi connectivity index (χ4n) is 2.79. The predicted octanol–water partition coefficient (Wildman–Crippen LogP) is 4.86. The lowest BCUT2D eigenvalue weighted by Gasteiger charge is -2.21. The normalized spacial score (nSPS) is 12.5. The van der Waals surface area contributed by atoms with Crippen LogP contribution in [0.25, 0.3) is 11.1 Å². The molecule has 0 saturated heterocycles. The molecule has 4 heteroatoms. The van der Waals surface area contributed by atoms with E-state index in [1.54, 1.807) is 0 Å². The molecule has 3 nitrogen and oxygen atoms in total. The number of benzene rings is 2. The summed E-state index contributed by atoms with van der Waals surface area (Å²) in [6.07, 6.45) is 3.75. The molecule has 0 spiro atoms. The summed E-state index contributed by atoms with van der Waals surface area (Å²) in [4.78, 5) is 0. The minimum Gasteiger partial charge on any atom is -0.314 e. The second-order valence-electron chi connectivity index (χ2n) is 6.28. The second-order valence-corrected chi connectivity index (χ2v) is 6.71. The van der Waals surface area contributed by atoms with Crippen molar-refractivity contribution in [2.45, 2.75) is 25.8 Å². The van der Waals surface area contributed by atoms with Gasteiger partial charge in [-0.05, 0) is 28.8 Å². The van der Waals surface area contributed by atoms with Crippen LogP contribution >= 0.6 is 11.6 Å². The smallest absolute Gasteiger partial charge is 0.0565 e. The van der Waals surface area contributed by atoms with Crippen LogP contribution in [0.1, 0.15) is 30.9 Å². The number of halogens is 1. The first-order valence-corrected chi connectivity index (χ1v) is 8.59. The number of rotatable bonds is 6. The Balaban J connectivity index is 1.88. The molecule has 0 aliphatic rings. The van der Waals surface area contributed by atoms with Crippen LogP contribution in [0.5, 0.6) is 0 Å². The standard InChI is InChI=1S/C20H22ClN3/c1-14(2)22-13-20(17-7-9-19(21)10-8-17)16-5-3-15(4-6-16)18-11-23-24-12-18/h3-12,14,20,22H,13H2,1-2H3,(H,23,24). The molecule has 0 aliphatic heterocycles. The number of nitrogens with one attached hydrogen (secondary N) is 2. The molecule has 0 amide bonds. The molecule has 2 N–H and O–H groups in total. The largest absolute Gasteiger partial charge is 0.314 e. The highest BCUT2D eigenvalue weighted by Crippen LogP contribution is 2.28. The predicted molar refractivity (Wildman–Crippen MR) is 100 cm³/mol. The van der Waals surface area contributed by atoms with Crippen molar-refractivity contribution < 1.29 is 0 Å². The average molecular weight is 340 g/mol. The Kier molecular flexibility index (Phi) is 5.34. The summed E-state index contributed by atoms with van der Waals surface area (Å²) in [6.45, 7) is 5.23. The zero-order valence-electron chi connectivity index (χ0n) is 14.0. The number of nitrogens with zero attached hydrogens (tertiary/aromatic N) is 1. The first kappa shape index (κ1) is 16.7. The first-order chi connectivity index (χ1) is 11.6. The topological polar surface area (TPSA) is 40.7 Å². The van der Waals surface area contributed by atoms with Gasteiger partial charge in [0.1, 0.15) is 0 Å². The number of hydrogen-bond acceptors (Lipinski definition) is 2. The molecule has 0 aliphatic carbocycles. The third kappa shape index (κ3) is 4.05. The van der Waals surface area contributed by atoms with Crippen LogP contribution in [0.4, 0.5) is 0 Å². The minimum absolute atomic E-state index is 0.295. The van der Waals surface area contributed by atoms with Crippen LogP contribution in [0.3, 0.4) is 0 Å². The van der Waals surface area contributed by atoms with Crippen molar-refractivity contribution >= 4 is 11.6 Å². The van der Waals surface area contributed by atoms with Crippen molar-refractivity contribution in [3.8, 4) is 11.1 Å². The van der Waals surface area contributed by atoms with Crippen LogP contribution in [-0.2, 0) is 0 Å². The lowest BCUT2D eigenvalue weighted by atomic mass is 9.90. The fourth-order valence-corrected chi connectivity index (χ4v) is 2.92. The zero-order chi connectivity index (χ0) is 16.9. The Morgan fingerprint density at radius 2 is 1.58 bits per heavy atom. The maximum absolute atomic E-state index is 6.04. The van der Waals surface area contributed by atoms with E-state index in [4.69, 9.17) is 11.6 Å². The van der Waals surface area contributed by atoms with Gasteiger partial charge in [-0.25, -0.2) is 0 Å². The Morgan fingerprint density at radius 1 is 0.958 bits per heavy atom. The number of aromatic amines is 1. The van der Waals surface area contributed by atoms with Crippen molar-refractivity contribution in [1.29, 1.82) is 0 Å². The molecule has 3 aromatic rings. The van der Waals surface area contributed by atoms with E-state index in [0.29, 0.717) is 12.0 Å². The van der Waals surface area contributed by atoms with E-state index < -0.39 is 0 Å². The van der Waals surface area contributed by atoms with Gasteiger partial charge < -0.3 is 5.32 Å². The summed E-state index contributed by atoms with van der Waals surface area (Å²) < 4.78 is 0. The van der Waals surface area contributed by atoms with Crippen LogP contribution in [0.2, 0.25) is 5.02 Å². The molecule has 0 fully saturated rings. The molecule has 0 radical (unpaired) electrons. The first-order valence-electron chi connectivity index (χ1n) is 8.21. The van der Waals surface area contributed by atoms with Crippen LogP contribution in [0, 0.1) is 0 Å². The summed E-state index contributed by atoms with van der Waals surface area (Å²) in [5.41, 5.74) is 4.82. The monoisotopic (exact) mass is 339 g/mol. The highest BCUT2D eigenvalue weighted by atomic mass is 35.5. The van der Waals surface area contributed by atoms with E-state index in [1.165, 1.54) is 16.7 Å². The van der Waals surface area contributed by atoms with E-state index >= 15 is 0 Å². The molecular weight excluding hydrogens is 318 g/mol. The molecular formula is C20H22ClN3. The van der Waals surface area contributed by atoms with Gasteiger partial charge in [0, 0.05) is 35.3 Å². The van der Waals surface area contributed by atoms with E-state index in [0.717, 1.165) is 17.1 Å². The third-order valence-corrected chi connectivity index (χ3v) is 4.40. The zero-order valence-corrected chi connectivity index (χ0v) is 14.7. The Labute approximate surface area is 148 Å². The van der Waals surface area contributed by atoms with Crippen molar-refractivity contribution in [3.63, 3.8) is 0 Å². The lowest BCUT2D eigenvalue weighted by Crippen LogP contribution is -2.28. The van der Waals surface area contributed by atoms with Crippen LogP contribution in [0.15, 0.2) is 60.9 Å². The molecule has 3 rings (SSSR count). The van der Waals surface area contributed by atoms with Gasteiger partial charge in [-0.2, -0.15) is 5.10 Å². The maximum Gasteiger partial charge on any atom is 0.0565 e. The van der Waals surface area contributed by atoms with Crippen molar-refractivity contribution in [2.75, 3.05) is 6.54 Å². The fraction of sp³-hybridized carbons (Fsp3) is 0.250. The van der Waals surface area contributed by atoms with Gasteiger partial charge in [0.05, 0.1) is 6.20 Å². The van der Waals surface area contributed by atoms with Crippen molar-refractivity contribution in [2.24, 2.45) is 0 Å². The molecule has 1 aromatic heterocycles. The highest BCUT2D eigenvalue weighted by molar-refractivity contribution is 6.30. The molecule has 1 heterocycles. The minimum atomic E-state index is 0.295. The molecule has 1 unspecified atom stereocenters. The molecule has 0 saturated carbocycles. The molecule has 0 bridgehead atoms. The molecule has 2 aromatic carbocycles. The number of aromatic nitrogens is 2. The van der Waals surface area contributed by atoms with E-state index in [1.807, 2.05) is 24.5 Å². The van der Waals surface area contributed by atoms with E-state index in [-0.39, 0.29) is 0 Å².